The van der Waals surface area contributed by atoms with Crippen LogP contribution in [0.4, 0.5) is 8.78 Å². The maximum Gasteiger partial charge on any atom is 0.224 e. The molecule has 1 amide bonds. The summed E-state index contributed by atoms with van der Waals surface area (Å²) in [6.45, 7) is 1.80. The summed E-state index contributed by atoms with van der Waals surface area (Å²) in [7, 11) is 0. The fourth-order valence-electron chi connectivity index (χ4n) is 2.08. The van der Waals surface area contributed by atoms with Gasteiger partial charge < -0.3 is 10.6 Å². The van der Waals surface area contributed by atoms with Crippen molar-refractivity contribution in [3.8, 4) is 0 Å². The smallest absolute Gasteiger partial charge is 0.224 e. The number of rotatable bonds is 3. The molecular formula is C13H17ClF2N2O. The Morgan fingerprint density at radius 1 is 1.26 bits per heavy atom. The molecule has 1 heterocycles. The molecular weight excluding hydrogens is 274 g/mol. The van der Waals surface area contributed by atoms with Gasteiger partial charge in [0, 0.05) is 6.04 Å². The molecule has 1 aromatic rings. The molecule has 0 unspecified atom stereocenters. The quantitative estimate of drug-likeness (QED) is 0.891. The summed E-state index contributed by atoms with van der Waals surface area (Å²) in [6, 6.07) is 3.73. The van der Waals surface area contributed by atoms with E-state index in [2.05, 4.69) is 10.6 Å². The van der Waals surface area contributed by atoms with Crippen LogP contribution in [-0.4, -0.2) is 25.0 Å². The molecule has 0 aromatic heterocycles. The van der Waals surface area contributed by atoms with Crippen LogP contribution in [0.1, 0.15) is 18.4 Å². The van der Waals surface area contributed by atoms with Gasteiger partial charge in [0.05, 0.1) is 6.42 Å². The monoisotopic (exact) mass is 290 g/mol. The Morgan fingerprint density at radius 3 is 2.58 bits per heavy atom. The first-order valence-corrected chi connectivity index (χ1v) is 6.09. The fraction of sp³-hybridized carbons (Fsp3) is 0.462. The normalized spacial score (nSPS) is 15.7. The molecule has 0 saturated carbocycles. The third-order valence-electron chi connectivity index (χ3n) is 3.05. The van der Waals surface area contributed by atoms with Crippen LogP contribution in [0.3, 0.4) is 0 Å². The lowest BCUT2D eigenvalue weighted by atomic mass is 10.1. The second-order valence-corrected chi connectivity index (χ2v) is 4.52. The highest BCUT2D eigenvalue weighted by Gasteiger charge is 2.15. The summed E-state index contributed by atoms with van der Waals surface area (Å²) in [5.74, 6) is -1.95. The zero-order valence-electron chi connectivity index (χ0n) is 10.4. The Balaban J connectivity index is 0.00000180. The SMILES string of the molecule is Cl.O=C(Cc1ccc(F)c(F)c1)NC1CCNCC1. The molecule has 106 valence electrons. The van der Waals surface area contributed by atoms with Gasteiger partial charge in [0.1, 0.15) is 0 Å². The number of carbonyl (C=O) groups is 1. The standard InChI is InChI=1S/C13H16F2N2O.ClH/c14-11-2-1-9(7-12(11)15)8-13(18)17-10-3-5-16-6-4-10;/h1-2,7,10,16H,3-6,8H2,(H,17,18);1H. The Kier molecular flexibility index (Phi) is 6.18. The van der Waals surface area contributed by atoms with E-state index in [1.54, 1.807) is 0 Å². The molecule has 1 saturated heterocycles. The van der Waals surface area contributed by atoms with E-state index in [4.69, 9.17) is 0 Å². The minimum Gasteiger partial charge on any atom is -0.353 e. The van der Waals surface area contributed by atoms with E-state index in [9.17, 15) is 13.6 Å². The zero-order valence-corrected chi connectivity index (χ0v) is 11.2. The molecule has 3 nitrogen and oxygen atoms in total. The van der Waals surface area contributed by atoms with Gasteiger partial charge in [-0.1, -0.05) is 6.07 Å². The van der Waals surface area contributed by atoms with Crippen molar-refractivity contribution < 1.29 is 13.6 Å². The predicted molar refractivity (Wildman–Crippen MR) is 71.3 cm³/mol. The van der Waals surface area contributed by atoms with Gasteiger partial charge in [0.2, 0.25) is 5.91 Å². The Morgan fingerprint density at radius 2 is 1.95 bits per heavy atom. The van der Waals surface area contributed by atoms with Gasteiger partial charge in [-0.2, -0.15) is 0 Å². The first-order valence-electron chi connectivity index (χ1n) is 6.09. The molecule has 19 heavy (non-hydrogen) atoms. The van der Waals surface area contributed by atoms with Crippen LogP contribution in [0.2, 0.25) is 0 Å². The van der Waals surface area contributed by atoms with Gasteiger partial charge in [-0.05, 0) is 43.6 Å². The molecule has 0 aliphatic carbocycles. The zero-order chi connectivity index (χ0) is 13.0. The summed E-state index contributed by atoms with van der Waals surface area (Å²) >= 11 is 0. The number of amides is 1. The van der Waals surface area contributed by atoms with E-state index in [1.165, 1.54) is 6.07 Å². The largest absolute Gasteiger partial charge is 0.353 e. The number of piperidine rings is 1. The summed E-state index contributed by atoms with van der Waals surface area (Å²) in [4.78, 5) is 11.7. The summed E-state index contributed by atoms with van der Waals surface area (Å²) < 4.78 is 25.7. The molecule has 6 heteroatoms. The highest BCUT2D eigenvalue weighted by molar-refractivity contribution is 5.85. The average molecular weight is 291 g/mol. The summed E-state index contributed by atoms with van der Waals surface area (Å²) in [5, 5.41) is 6.12. The van der Waals surface area contributed by atoms with Crippen molar-refractivity contribution in [3.05, 3.63) is 35.4 Å². The van der Waals surface area contributed by atoms with E-state index in [0.29, 0.717) is 5.56 Å². The number of nitrogens with one attached hydrogen (secondary N) is 2. The van der Waals surface area contributed by atoms with Gasteiger partial charge in [-0.15, -0.1) is 12.4 Å². The molecule has 1 fully saturated rings. The number of hydrogen-bond donors (Lipinski definition) is 2. The van der Waals surface area contributed by atoms with E-state index in [1.807, 2.05) is 0 Å². The third-order valence-corrected chi connectivity index (χ3v) is 3.05. The number of hydrogen-bond acceptors (Lipinski definition) is 2. The van der Waals surface area contributed by atoms with Crippen LogP contribution < -0.4 is 10.6 Å². The second-order valence-electron chi connectivity index (χ2n) is 4.52. The van der Waals surface area contributed by atoms with Gasteiger partial charge in [0.25, 0.3) is 0 Å². The Bertz CT molecular complexity index is 437. The van der Waals surface area contributed by atoms with Crippen molar-refractivity contribution in [2.75, 3.05) is 13.1 Å². The molecule has 2 N–H and O–H groups in total. The molecule has 1 aliphatic heterocycles. The minimum atomic E-state index is -0.915. The highest BCUT2D eigenvalue weighted by Crippen LogP contribution is 2.10. The Labute approximate surface area is 117 Å². The predicted octanol–water partition coefficient (Wildman–Crippen LogP) is 1.80. The lowest BCUT2D eigenvalue weighted by molar-refractivity contribution is -0.121. The molecule has 0 atom stereocenters. The molecule has 2 rings (SSSR count). The van der Waals surface area contributed by atoms with Crippen LogP contribution in [-0.2, 0) is 11.2 Å². The van der Waals surface area contributed by atoms with Crippen molar-refractivity contribution in [3.63, 3.8) is 0 Å². The van der Waals surface area contributed by atoms with E-state index < -0.39 is 11.6 Å². The van der Waals surface area contributed by atoms with Gasteiger partial charge in [-0.3, -0.25) is 4.79 Å². The maximum absolute atomic E-state index is 13.0. The van der Waals surface area contributed by atoms with Crippen molar-refractivity contribution in [1.82, 2.24) is 10.6 Å². The van der Waals surface area contributed by atoms with Crippen LogP contribution in [0, 0.1) is 11.6 Å². The van der Waals surface area contributed by atoms with E-state index in [0.717, 1.165) is 38.1 Å². The third kappa shape index (κ3) is 4.76. The molecule has 1 aromatic carbocycles. The number of carbonyl (C=O) groups excluding carboxylic acids is 1. The van der Waals surface area contributed by atoms with Crippen molar-refractivity contribution in [2.24, 2.45) is 0 Å². The number of halogens is 3. The summed E-state index contributed by atoms with van der Waals surface area (Å²) in [5.41, 5.74) is 0.486. The lowest BCUT2D eigenvalue weighted by Gasteiger charge is -2.23. The molecule has 1 aliphatic rings. The second kappa shape index (κ2) is 7.40. The topological polar surface area (TPSA) is 41.1 Å². The summed E-state index contributed by atoms with van der Waals surface area (Å²) in [6.07, 6.45) is 1.90. The highest BCUT2D eigenvalue weighted by atomic mass is 35.5. The van der Waals surface area contributed by atoms with Crippen molar-refractivity contribution in [1.29, 1.82) is 0 Å². The first-order chi connectivity index (χ1) is 8.65. The van der Waals surface area contributed by atoms with Crippen molar-refractivity contribution in [2.45, 2.75) is 25.3 Å². The Hall–Kier alpha value is -1.20. The van der Waals surface area contributed by atoms with E-state index >= 15 is 0 Å². The van der Waals surface area contributed by atoms with Crippen LogP contribution in [0.5, 0.6) is 0 Å². The van der Waals surface area contributed by atoms with Crippen LogP contribution in [0.25, 0.3) is 0 Å². The van der Waals surface area contributed by atoms with Gasteiger partial charge in [-0.25, -0.2) is 8.78 Å². The van der Waals surface area contributed by atoms with Crippen molar-refractivity contribution >= 4 is 18.3 Å². The first kappa shape index (κ1) is 15.9. The number of benzene rings is 1. The van der Waals surface area contributed by atoms with Gasteiger partial charge >= 0.3 is 0 Å². The van der Waals surface area contributed by atoms with Gasteiger partial charge in [0.15, 0.2) is 11.6 Å². The average Bonchev–Trinajstić information content (AvgIpc) is 2.35. The lowest BCUT2D eigenvalue weighted by Crippen LogP contribution is -2.43. The molecule has 0 bridgehead atoms. The van der Waals surface area contributed by atoms with Crippen LogP contribution >= 0.6 is 12.4 Å². The molecule has 0 spiro atoms. The van der Waals surface area contributed by atoms with E-state index in [-0.39, 0.29) is 30.8 Å². The minimum absolute atomic E-state index is 0. The van der Waals surface area contributed by atoms with Crippen LogP contribution in [0.15, 0.2) is 18.2 Å². The maximum atomic E-state index is 13.0. The molecule has 0 radical (unpaired) electrons. The fourth-order valence-corrected chi connectivity index (χ4v) is 2.08.